The van der Waals surface area contributed by atoms with Gasteiger partial charge in [0.1, 0.15) is 16.1 Å². The number of aromatic nitrogens is 2. The highest BCUT2D eigenvalue weighted by molar-refractivity contribution is 7.99. The molecule has 0 aliphatic carbocycles. The Labute approximate surface area is 98.4 Å². The maximum Gasteiger partial charge on any atom is 0.141 e. The maximum absolute atomic E-state index is 5.89. The van der Waals surface area contributed by atoms with Crippen LogP contribution in [0.2, 0.25) is 10.3 Å². The van der Waals surface area contributed by atoms with Gasteiger partial charge in [0, 0.05) is 5.56 Å². The van der Waals surface area contributed by atoms with Gasteiger partial charge >= 0.3 is 0 Å². The predicted molar refractivity (Wildman–Crippen MR) is 63.2 cm³/mol. The van der Waals surface area contributed by atoms with Gasteiger partial charge in [0.2, 0.25) is 0 Å². The summed E-state index contributed by atoms with van der Waals surface area (Å²) in [4.78, 5) is 8.31. The minimum absolute atomic E-state index is 0.448. The van der Waals surface area contributed by atoms with Crippen LogP contribution in [0.5, 0.6) is 0 Å². The smallest absolute Gasteiger partial charge is 0.141 e. The van der Waals surface area contributed by atoms with E-state index in [1.165, 1.54) is 0 Å². The fraction of sp³-hybridized carbons (Fsp3) is 0.556. The van der Waals surface area contributed by atoms with Crippen LogP contribution in [-0.4, -0.2) is 15.2 Å². The molecule has 0 radical (unpaired) electrons. The normalized spacial score (nSPS) is 11.0. The summed E-state index contributed by atoms with van der Waals surface area (Å²) in [5, 5.41) is 1.45. The molecule has 0 aromatic carbocycles. The van der Waals surface area contributed by atoms with Crippen molar-refractivity contribution in [3.63, 3.8) is 0 Å². The molecule has 5 heteroatoms. The van der Waals surface area contributed by atoms with Crippen LogP contribution in [0.4, 0.5) is 0 Å². The summed E-state index contributed by atoms with van der Waals surface area (Å²) in [6.45, 7) is 6.06. The van der Waals surface area contributed by atoms with Crippen LogP contribution >= 0.6 is 35.0 Å². The first-order valence-electron chi connectivity index (χ1n) is 4.31. The Bertz CT molecular complexity index is 306. The van der Waals surface area contributed by atoms with E-state index < -0.39 is 0 Å². The van der Waals surface area contributed by atoms with Gasteiger partial charge in [-0.15, -0.1) is 0 Å². The van der Waals surface area contributed by atoms with Crippen molar-refractivity contribution in [1.82, 2.24) is 9.97 Å². The molecule has 2 nitrogen and oxygen atoms in total. The van der Waals surface area contributed by atoms with Crippen molar-refractivity contribution in [3.05, 3.63) is 21.7 Å². The number of rotatable bonds is 3. The van der Waals surface area contributed by atoms with Crippen molar-refractivity contribution >= 4 is 35.0 Å². The lowest BCUT2D eigenvalue weighted by Gasteiger charge is -2.06. The molecule has 0 saturated heterocycles. The standard InChI is InChI=1S/C9H12Cl2N2S/c1-5(2)14-4-7-12-8(10)6(3)9(11)13-7/h5H,4H2,1-3H3. The van der Waals surface area contributed by atoms with Crippen LogP contribution in [0.1, 0.15) is 25.2 Å². The molecule has 0 N–H and O–H groups in total. The molecule has 0 aliphatic heterocycles. The van der Waals surface area contributed by atoms with Gasteiger partial charge in [0.15, 0.2) is 0 Å². The Balaban J connectivity index is 2.79. The van der Waals surface area contributed by atoms with E-state index >= 15 is 0 Å². The van der Waals surface area contributed by atoms with Crippen LogP contribution in [0.25, 0.3) is 0 Å². The van der Waals surface area contributed by atoms with Crippen LogP contribution in [0.3, 0.4) is 0 Å². The molecular weight excluding hydrogens is 239 g/mol. The molecule has 0 bridgehead atoms. The van der Waals surface area contributed by atoms with Crippen molar-refractivity contribution in [3.8, 4) is 0 Å². The molecule has 0 aliphatic rings. The lowest BCUT2D eigenvalue weighted by Crippen LogP contribution is -1.98. The van der Waals surface area contributed by atoms with Crippen molar-refractivity contribution in [2.24, 2.45) is 0 Å². The lowest BCUT2D eigenvalue weighted by atomic mass is 10.4. The van der Waals surface area contributed by atoms with Gasteiger partial charge in [-0.25, -0.2) is 9.97 Å². The maximum atomic E-state index is 5.89. The minimum Gasteiger partial charge on any atom is -0.220 e. The van der Waals surface area contributed by atoms with E-state index in [1.807, 2.05) is 6.92 Å². The van der Waals surface area contributed by atoms with Crippen LogP contribution in [0.15, 0.2) is 0 Å². The van der Waals surface area contributed by atoms with Crippen LogP contribution in [0, 0.1) is 6.92 Å². The topological polar surface area (TPSA) is 25.8 Å². The minimum atomic E-state index is 0.448. The van der Waals surface area contributed by atoms with E-state index in [0.29, 0.717) is 21.4 Å². The second-order valence-electron chi connectivity index (χ2n) is 3.21. The molecule has 0 fully saturated rings. The quantitative estimate of drug-likeness (QED) is 0.765. The van der Waals surface area contributed by atoms with E-state index in [1.54, 1.807) is 11.8 Å². The number of hydrogen-bond donors (Lipinski definition) is 0. The Hall–Kier alpha value is 0.01000. The number of halogens is 2. The van der Waals surface area contributed by atoms with Gasteiger partial charge in [0.05, 0.1) is 5.75 Å². The average molecular weight is 251 g/mol. The summed E-state index contributed by atoms with van der Waals surface area (Å²) < 4.78 is 0. The number of hydrogen-bond acceptors (Lipinski definition) is 3. The van der Waals surface area contributed by atoms with Gasteiger partial charge in [-0.3, -0.25) is 0 Å². The van der Waals surface area contributed by atoms with Gasteiger partial charge in [-0.1, -0.05) is 37.0 Å². The van der Waals surface area contributed by atoms with Crippen LogP contribution < -0.4 is 0 Å². The van der Waals surface area contributed by atoms with Crippen molar-refractivity contribution in [2.75, 3.05) is 0 Å². The third kappa shape index (κ3) is 3.30. The molecule has 0 spiro atoms. The van der Waals surface area contributed by atoms with Crippen molar-refractivity contribution in [2.45, 2.75) is 31.8 Å². The van der Waals surface area contributed by atoms with Gasteiger partial charge < -0.3 is 0 Å². The zero-order chi connectivity index (χ0) is 10.7. The lowest BCUT2D eigenvalue weighted by molar-refractivity contribution is 1.01. The molecule has 0 saturated carbocycles. The fourth-order valence-electron chi connectivity index (χ4n) is 0.810. The summed E-state index contributed by atoms with van der Waals surface area (Å²) in [7, 11) is 0. The predicted octanol–water partition coefficient (Wildman–Crippen LogP) is 3.73. The van der Waals surface area contributed by atoms with Gasteiger partial charge in [0.25, 0.3) is 0 Å². The second kappa shape index (κ2) is 5.19. The Morgan fingerprint density at radius 3 is 2.14 bits per heavy atom. The third-order valence-corrected chi connectivity index (χ3v) is 3.45. The molecule has 1 aromatic rings. The SMILES string of the molecule is Cc1c(Cl)nc(CSC(C)C)nc1Cl. The molecule has 1 rings (SSSR count). The molecule has 14 heavy (non-hydrogen) atoms. The third-order valence-electron chi connectivity index (χ3n) is 1.62. The van der Waals surface area contributed by atoms with Gasteiger partial charge in [-0.2, -0.15) is 11.8 Å². The Kier molecular flexibility index (Phi) is 4.48. The summed E-state index contributed by atoms with van der Waals surface area (Å²) in [5.74, 6) is 1.45. The molecule has 0 atom stereocenters. The van der Waals surface area contributed by atoms with Crippen molar-refractivity contribution in [1.29, 1.82) is 0 Å². The summed E-state index contributed by atoms with van der Waals surface area (Å²) in [5.41, 5.74) is 0.742. The van der Waals surface area contributed by atoms with E-state index in [-0.39, 0.29) is 0 Å². The van der Waals surface area contributed by atoms with Gasteiger partial charge in [-0.05, 0) is 12.2 Å². The van der Waals surface area contributed by atoms with Crippen molar-refractivity contribution < 1.29 is 0 Å². The van der Waals surface area contributed by atoms with E-state index in [9.17, 15) is 0 Å². The molecule has 1 aromatic heterocycles. The molecule has 0 unspecified atom stereocenters. The van der Waals surface area contributed by atoms with Crippen LogP contribution in [-0.2, 0) is 5.75 Å². The summed E-state index contributed by atoms with van der Waals surface area (Å²) in [6, 6.07) is 0. The average Bonchev–Trinajstić information content (AvgIpc) is 2.10. The molecular formula is C9H12Cl2N2S. The van der Waals surface area contributed by atoms with E-state index in [2.05, 4.69) is 23.8 Å². The summed E-state index contributed by atoms with van der Waals surface area (Å²) >= 11 is 13.5. The highest BCUT2D eigenvalue weighted by Crippen LogP contribution is 2.22. The largest absolute Gasteiger partial charge is 0.220 e. The Morgan fingerprint density at radius 1 is 1.21 bits per heavy atom. The first-order valence-corrected chi connectivity index (χ1v) is 6.11. The summed E-state index contributed by atoms with van der Waals surface area (Å²) in [6.07, 6.45) is 0. The first kappa shape index (κ1) is 12.1. The number of thioether (sulfide) groups is 1. The molecule has 0 amide bonds. The first-order chi connectivity index (χ1) is 6.50. The highest BCUT2D eigenvalue weighted by atomic mass is 35.5. The van der Waals surface area contributed by atoms with E-state index in [4.69, 9.17) is 23.2 Å². The highest BCUT2D eigenvalue weighted by Gasteiger charge is 2.07. The van der Waals surface area contributed by atoms with E-state index in [0.717, 1.165) is 11.3 Å². The second-order valence-corrected chi connectivity index (χ2v) is 5.49. The zero-order valence-electron chi connectivity index (χ0n) is 8.34. The molecule has 1 heterocycles. The number of nitrogens with zero attached hydrogens (tertiary/aromatic N) is 2. The zero-order valence-corrected chi connectivity index (χ0v) is 10.7. The Morgan fingerprint density at radius 2 is 1.71 bits per heavy atom. The molecule has 78 valence electrons. The monoisotopic (exact) mass is 250 g/mol. The fourth-order valence-corrected chi connectivity index (χ4v) is 1.84.